The molecule has 8 nitrogen and oxygen atoms in total. The van der Waals surface area contributed by atoms with Gasteiger partial charge in [0.2, 0.25) is 0 Å². The Kier molecular flexibility index (Phi) is 6.67. The number of benzene rings is 2. The van der Waals surface area contributed by atoms with Gasteiger partial charge in [0.25, 0.3) is 10.0 Å². The first-order chi connectivity index (χ1) is 16.9. The Bertz CT molecular complexity index is 1270. The van der Waals surface area contributed by atoms with Gasteiger partial charge in [0.1, 0.15) is 5.75 Å². The quantitative estimate of drug-likeness (QED) is 0.565. The first kappa shape index (κ1) is 24.0. The molecule has 5 rings (SSSR count). The van der Waals surface area contributed by atoms with Crippen LogP contribution in [0, 0.1) is 0 Å². The standard InChI is InChI=1S/C26H32N4O4S/c1-28-16-25(27-18-28)35(32,33)29-12-3-4-13-30-23(15-29)26(24(30)17-31)20-10-8-19(9-11-20)21-6-5-7-22(14-21)34-2/h5-11,14,16,18,23-24,26,31H,3-4,12-13,15,17H2,1-2H3/t23-,24+,26-/m1/s1. The van der Waals surface area contributed by atoms with Crippen molar-refractivity contribution in [2.45, 2.75) is 35.9 Å². The second kappa shape index (κ2) is 9.73. The number of aliphatic hydroxyl groups excluding tert-OH is 1. The van der Waals surface area contributed by atoms with Crippen LogP contribution in [-0.2, 0) is 17.1 Å². The third-order valence-electron chi connectivity index (χ3n) is 7.32. The van der Waals surface area contributed by atoms with E-state index >= 15 is 0 Å². The molecule has 2 fully saturated rings. The van der Waals surface area contributed by atoms with E-state index in [1.165, 1.54) is 6.33 Å². The van der Waals surface area contributed by atoms with Crippen molar-refractivity contribution >= 4 is 10.0 Å². The lowest BCUT2D eigenvalue weighted by Crippen LogP contribution is -2.67. The molecule has 0 saturated carbocycles. The molecule has 2 aliphatic rings. The third kappa shape index (κ3) is 4.49. The monoisotopic (exact) mass is 496 g/mol. The molecule has 3 atom stereocenters. The van der Waals surface area contributed by atoms with Gasteiger partial charge < -0.3 is 14.4 Å². The Morgan fingerprint density at radius 2 is 1.86 bits per heavy atom. The van der Waals surface area contributed by atoms with E-state index in [1.54, 1.807) is 29.2 Å². The number of methoxy groups -OCH3 is 1. The number of aryl methyl sites for hydroxylation is 1. The lowest BCUT2D eigenvalue weighted by Gasteiger charge is -2.57. The maximum absolute atomic E-state index is 13.4. The molecule has 0 aliphatic carbocycles. The highest BCUT2D eigenvalue weighted by Crippen LogP contribution is 2.43. The van der Waals surface area contributed by atoms with Crippen molar-refractivity contribution in [2.24, 2.45) is 7.05 Å². The number of ether oxygens (including phenoxy) is 1. The highest BCUT2D eigenvalue weighted by atomic mass is 32.2. The van der Waals surface area contributed by atoms with E-state index in [2.05, 4.69) is 34.1 Å². The number of hydrogen-bond acceptors (Lipinski definition) is 6. The number of fused-ring (bicyclic) bond motifs is 1. The summed E-state index contributed by atoms with van der Waals surface area (Å²) in [6.45, 7) is 1.78. The molecule has 0 spiro atoms. The number of nitrogens with zero attached hydrogens (tertiary/aromatic N) is 4. The van der Waals surface area contributed by atoms with E-state index < -0.39 is 10.0 Å². The summed E-state index contributed by atoms with van der Waals surface area (Å²) >= 11 is 0. The number of rotatable bonds is 6. The van der Waals surface area contributed by atoms with Crippen LogP contribution in [0.1, 0.15) is 24.3 Å². The van der Waals surface area contributed by atoms with Gasteiger partial charge in [-0.15, -0.1) is 0 Å². The van der Waals surface area contributed by atoms with Crippen LogP contribution < -0.4 is 4.74 Å². The number of aliphatic hydroxyl groups is 1. The van der Waals surface area contributed by atoms with Crippen LogP contribution in [0.5, 0.6) is 5.75 Å². The second-order valence-corrected chi connectivity index (χ2v) is 11.3. The number of aromatic nitrogens is 2. The van der Waals surface area contributed by atoms with Crippen LogP contribution in [0.3, 0.4) is 0 Å². The smallest absolute Gasteiger partial charge is 0.262 e. The maximum Gasteiger partial charge on any atom is 0.262 e. The van der Waals surface area contributed by atoms with Gasteiger partial charge in [-0.3, -0.25) is 4.90 Å². The van der Waals surface area contributed by atoms with Gasteiger partial charge in [-0.1, -0.05) is 36.4 Å². The van der Waals surface area contributed by atoms with Crippen molar-refractivity contribution < 1.29 is 18.3 Å². The van der Waals surface area contributed by atoms with Crippen molar-refractivity contribution in [1.29, 1.82) is 0 Å². The van der Waals surface area contributed by atoms with E-state index in [0.717, 1.165) is 41.8 Å². The summed E-state index contributed by atoms with van der Waals surface area (Å²) in [6, 6.07) is 16.3. The highest BCUT2D eigenvalue weighted by Gasteiger charge is 2.50. The van der Waals surface area contributed by atoms with E-state index in [-0.39, 0.29) is 29.6 Å². The minimum atomic E-state index is -3.68. The molecule has 3 heterocycles. The van der Waals surface area contributed by atoms with E-state index in [1.807, 2.05) is 24.3 Å². The average molecular weight is 497 g/mol. The van der Waals surface area contributed by atoms with E-state index in [9.17, 15) is 13.5 Å². The second-order valence-electron chi connectivity index (χ2n) is 9.38. The van der Waals surface area contributed by atoms with Gasteiger partial charge in [0, 0.05) is 44.3 Å². The van der Waals surface area contributed by atoms with Gasteiger partial charge >= 0.3 is 0 Å². The van der Waals surface area contributed by atoms with Gasteiger partial charge in [-0.25, -0.2) is 13.4 Å². The summed E-state index contributed by atoms with van der Waals surface area (Å²) in [5.74, 6) is 0.865. The summed E-state index contributed by atoms with van der Waals surface area (Å²) in [5, 5.41) is 10.3. The molecule has 186 valence electrons. The van der Waals surface area contributed by atoms with Gasteiger partial charge in [0.15, 0.2) is 5.03 Å². The Morgan fingerprint density at radius 1 is 1.09 bits per heavy atom. The Morgan fingerprint density at radius 3 is 2.54 bits per heavy atom. The van der Waals surface area contributed by atoms with Crippen molar-refractivity contribution in [2.75, 3.05) is 33.4 Å². The Hall–Kier alpha value is -2.72. The fourth-order valence-corrected chi connectivity index (χ4v) is 6.94. The summed E-state index contributed by atoms with van der Waals surface area (Å²) in [5.41, 5.74) is 3.28. The summed E-state index contributed by atoms with van der Waals surface area (Å²) in [6.07, 6.45) is 4.75. The van der Waals surface area contributed by atoms with Crippen molar-refractivity contribution in [3.05, 3.63) is 66.6 Å². The topological polar surface area (TPSA) is 87.9 Å². The zero-order valence-electron chi connectivity index (χ0n) is 20.1. The van der Waals surface area contributed by atoms with Crippen molar-refractivity contribution in [3.8, 4) is 16.9 Å². The molecule has 0 bridgehead atoms. The molecule has 0 amide bonds. The normalized spacial score (nSPS) is 23.7. The molecule has 35 heavy (non-hydrogen) atoms. The summed E-state index contributed by atoms with van der Waals surface area (Å²) in [4.78, 5) is 6.39. The molecule has 0 unspecified atom stereocenters. The SMILES string of the molecule is COc1cccc(-c2ccc([C@@H]3[C@H]4CN(S(=O)(=O)c5cn(C)cn5)CCCCN4[C@H]3CO)cc2)c1. The first-order valence-corrected chi connectivity index (χ1v) is 13.5. The molecule has 1 aromatic heterocycles. The molecule has 2 aromatic carbocycles. The Balaban J connectivity index is 1.41. The zero-order valence-corrected chi connectivity index (χ0v) is 20.9. The largest absolute Gasteiger partial charge is 0.497 e. The maximum atomic E-state index is 13.4. The summed E-state index contributed by atoms with van der Waals surface area (Å²) in [7, 11) is -0.255. The zero-order chi connectivity index (χ0) is 24.6. The number of hydrogen-bond donors (Lipinski definition) is 1. The van der Waals surface area contributed by atoms with Gasteiger partial charge in [0.05, 0.1) is 20.0 Å². The number of imidazole rings is 1. The lowest BCUT2D eigenvalue weighted by atomic mass is 9.74. The molecule has 9 heteroatoms. The fourth-order valence-electron chi connectivity index (χ4n) is 5.48. The minimum absolute atomic E-state index is 0.00797. The fraction of sp³-hybridized carbons (Fsp3) is 0.423. The van der Waals surface area contributed by atoms with Crippen LogP contribution in [0.15, 0.2) is 66.1 Å². The van der Waals surface area contributed by atoms with Crippen LogP contribution in [0.4, 0.5) is 0 Å². The Labute approximate surface area is 206 Å². The lowest BCUT2D eigenvalue weighted by molar-refractivity contribution is -0.0554. The van der Waals surface area contributed by atoms with E-state index in [0.29, 0.717) is 13.1 Å². The first-order valence-electron chi connectivity index (χ1n) is 12.0. The third-order valence-corrected chi connectivity index (χ3v) is 9.07. The van der Waals surface area contributed by atoms with E-state index in [4.69, 9.17) is 4.74 Å². The van der Waals surface area contributed by atoms with Crippen LogP contribution in [0.25, 0.3) is 11.1 Å². The molecular formula is C26H32N4O4S. The molecule has 1 N–H and O–H groups in total. The predicted molar refractivity (Wildman–Crippen MR) is 134 cm³/mol. The molecule has 2 saturated heterocycles. The molecular weight excluding hydrogens is 464 g/mol. The average Bonchev–Trinajstić information content (AvgIpc) is 3.30. The predicted octanol–water partition coefficient (Wildman–Crippen LogP) is 2.71. The molecule has 3 aromatic rings. The van der Waals surface area contributed by atoms with Crippen LogP contribution in [0.2, 0.25) is 0 Å². The number of sulfonamides is 1. The molecule has 0 radical (unpaired) electrons. The van der Waals surface area contributed by atoms with Gasteiger partial charge in [-0.05, 0) is 48.2 Å². The van der Waals surface area contributed by atoms with Crippen LogP contribution >= 0.6 is 0 Å². The highest BCUT2D eigenvalue weighted by molar-refractivity contribution is 7.89. The minimum Gasteiger partial charge on any atom is -0.497 e. The van der Waals surface area contributed by atoms with Crippen molar-refractivity contribution in [1.82, 2.24) is 18.8 Å². The van der Waals surface area contributed by atoms with Gasteiger partial charge in [-0.2, -0.15) is 4.31 Å². The van der Waals surface area contributed by atoms with Crippen molar-refractivity contribution in [3.63, 3.8) is 0 Å². The van der Waals surface area contributed by atoms with Crippen LogP contribution in [-0.4, -0.2) is 77.7 Å². The molecule has 2 aliphatic heterocycles. The summed E-state index contributed by atoms with van der Waals surface area (Å²) < 4.78 is 35.3.